The minimum atomic E-state index is -5.44. The molecule has 0 heterocycles. The lowest BCUT2D eigenvalue weighted by atomic mass is 10.0. The SMILES string of the molecule is COc1ccc(-c2ccc(COCCc3cccc(NS(=O)(=O)C(F)(F)F)c3)cc2)cc1. The van der Waals surface area contributed by atoms with Crippen molar-refractivity contribution in [3.8, 4) is 16.9 Å². The van der Waals surface area contributed by atoms with Crippen LogP contribution in [0.15, 0.2) is 72.8 Å². The Morgan fingerprint density at radius 1 is 0.875 bits per heavy atom. The fourth-order valence-electron chi connectivity index (χ4n) is 2.96. The van der Waals surface area contributed by atoms with E-state index in [4.69, 9.17) is 9.47 Å². The van der Waals surface area contributed by atoms with Gasteiger partial charge in [-0.2, -0.15) is 21.6 Å². The first-order valence-corrected chi connectivity index (χ1v) is 11.2. The van der Waals surface area contributed by atoms with E-state index >= 15 is 0 Å². The van der Waals surface area contributed by atoms with Crippen molar-refractivity contribution in [1.29, 1.82) is 0 Å². The van der Waals surface area contributed by atoms with E-state index in [-0.39, 0.29) is 5.69 Å². The van der Waals surface area contributed by atoms with Gasteiger partial charge in [0.1, 0.15) is 5.75 Å². The van der Waals surface area contributed by atoms with Crippen molar-refractivity contribution in [2.24, 2.45) is 0 Å². The molecule has 32 heavy (non-hydrogen) atoms. The number of ether oxygens (including phenoxy) is 2. The number of methoxy groups -OCH3 is 1. The molecule has 0 saturated carbocycles. The number of nitrogens with one attached hydrogen (secondary N) is 1. The topological polar surface area (TPSA) is 64.6 Å². The van der Waals surface area contributed by atoms with Gasteiger partial charge in [-0.05, 0) is 52.9 Å². The van der Waals surface area contributed by atoms with Crippen LogP contribution < -0.4 is 9.46 Å². The van der Waals surface area contributed by atoms with Crippen LogP contribution in [0.5, 0.6) is 5.75 Å². The van der Waals surface area contributed by atoms with Crippen LogP contribution in [0.25, 0.3) is 11.1 Å². The van der Waals surface area contributed by atoms with E-state index in [1.54, 1.807) is 13.2 Å². The first-order chi connectivity index (χ1) is 15.2. The lowest BCUT2D eigenvalue weighted by Crippen LogP contribution is -2.29. The normalized spacial score (nSPS) is 11.9. The van der Waals surface area contributed by atoms with Gasteiger partial charge in [0.25, 0.3) is 0 Å². The third-order valence-electron chi connectivity index (χ3n) is 4.66. The molecule has 0 amide bonds. The molecule has 9 heteroatoms. The van der Waals surface area contributed by atoms with Crippen LogP contribution in [-0.2, 0) is 27.8 Å². The molecular weight excluding hydrogens is 443 g/mol. The molecule has 3 aromatic carbocycles. The second-order valence-corrected chi connectivity index (χ2v) is 8.65. The number of sulfonamides is 1. The van der Waals surface area contributed by atoms with Gasteiger partial charge in [-0.25, -0.2) is 0 Å². The monoisotopic (exact) mass is 465 g/mol. The molecule has 1 N–H and O–H groups in total. The van der Waals surface area contributed by atoms with Crippen molar-refractivity contribution < 1.29 is 31.1 Å². The van der Waals surface area contributed by atoms with Crippen LogP contribution >= 0.6 is 0 Å². The molecular formula is C23H22F3NO4S. The molecule has 0 aliphatic carbocycles. The molecule has 0 bridgehead atoms. The largest absolute Gasteiger partial charge is 0.516 e. The quantitative estimate of drug-likeness (QED) is 0.431. The first-order valence-electron chi connectivity index (χ1n) is 9.67. The van der Waals surface area contributed by atoms with Crippen molar-refractivity contribution >= 4 is 15.7 Å². The fourth-order valence-corrected chi connectivity index (χ4v) is 3.51. The summed E-state index contributed by atoms with van der Waals surface area (Å²) in [6.45, 7) is 0.707. The third kappa shape index (κ3) is 6.24. The van der Waals surface area contributed by atoms with E-state index in [2.05, 4.69) is 0 Å². The predicted octanol–water partition coefficient (Wildman–Crippen LogP) is 5.38. The molecule has 0 aliphatic heterocycles. The Morgan fingerprint density at radius 3 is 2.09 bits per heavy atom. The van der Waals surface area contributed by atoms with Gasteiger partial charge in [0.15, 0.2) is 0 Å². The fraction of sp³-hybridized carbons (Fsp3) is 0.217. The summed E-state index contributed by atoms with van der Waals surface area (Å²) in [5.74, 6) is 0.794. The molecule has 0 atom stereocenters. The molecule has 3 rings (SSSR count). The highest BCUT2D eigenvalue weighted by Crippen LogP contribution is 2.26. The Bertz CT molecular complexity index is 1130. The molecule has 0 spiro atoms. The molecule has 0 unspecified atom stereocenters. The summed E-state index contributed by atoms with van der Waals surface area (Å²) in [5.41, 5.74) is -1.74. The van der Waals surface area contributed by atoms with Crippen LogP contribution in [0.3, 0.4) is 0 Å². The number of hydrogen-bond acceptors (Lipinski definition) is 4. The second-order valence-electron chi connectivity index (χ2n) is 6.98. The number of rotatable bonds is 9. The van der Waals surface area contributed by atoms with Crippen molar-refractivity contribution in [2.75, 3.05) is 18.4 Å². The average molecular weight is 465 g/mol. The Labute approximate surface area is 184 Å². The third-order valence-corrected chi connectivity index (χ3v) is 5.78. The molecule has 0 saturated heterocycles. The van der Waals surface area contributed by atoms with Crippen LogP contribution in [0.2, 0.25) is 0 Å². The lowest BCUT2D eigenvalue weighted by molar-refractivity contribution is -0.0429. The predicted molar refractivity (Wildman–Crippen MR) is 117 cm³/mol. The standard InChI is InChI=1S/C23H22F3NO4S/c1-30-22-11-9-20(10-12-22)19-7-5-18(6-8-19)16-31-14-13-17-3-2-4-21(15-17)27-32(28,29)23(24,25)26/h2-12,15,27H,13-14,16H2,1H3. The number of benzene rings is 3. The zero-order chi connectivity index (χ0) is 23.2. The maximum absolute atomic E-state index is 12.5. The Kier molecular flexibility index (Phi) is 7.42. The summed E-state index contributed by atoms with van der Waals surface area (Å²) in [6.07, 6.45) is 0.422. The van der Waals surface area contributed by atoms with Gasteiger partial charge in [0.05, 0.1) is 20.3 Å². The van der Waals surface area contributed by atoms with Gasteiger partial charge in [-0.15, -0.1) is 0 Å². The number of halogens is 3. The number of anilines is 1. The van der Waals surface area contributed by atoms with E-state index in [0.29, 0.717) is 25.2 Å². The Balaban J connectivity index is 1.50. The van der Waals surface area contributed by atoms with Gasteiger partial charge < -0.3 is 9.47 Å². The zero-order valence-corrected chi connectivity index (χ0v) is 18.0. The Hall–Kier alpha value is -3.04. The van der Waals surface area contributed by atoms with Crippen LogP contribution in [-0.4, -0.2) is 27.6 Å². The Morgan fingerprint density at radius 2 is 1.50 bits per heavy atom. The summed E-state index contributed by atoms with van der Waals surface area (Å²) < 4.78 is 72.3. The van der Waals surface area contributed by atoms with E-state index in [1.807, 2.05) is 48.5 Å². The first kappa shape index (κ1) is 23.6. The summed E-state index contributed by atoms with van der Waals surface area (Å²) in [6, 6.07) is 21.5. The summed E-state index contributed by atoms with van der Waals surface area (Å²) in [7, 11) is -3.82. The molecule has 5 nitrogen and oxygen atoms in total. The van der Waals surface area contributed by atoms with Crippen molar-refractivity contribution in [1.82, 2.24) is 0 Å². The smallest absolute Gasteiger partial charge is 0.497 e. The van der Waals surface area contributed by atoms with E-state index < -0.39 is 15.5 Å². The summed E-state index contributed by atoms with van der Waals surface area (Å²) in [4.78, 5) is 0. The minimum absolute atomic E-state index is 0.144. The number of alkyl halides is 3. The van der Waals surface area contributed by atoms with Crippen molar-refractivity contribution in [2.45, 2.75) is 18.5 Å². The van der Waals surface area contributed by atoms with Gasteiger partial charge >= 0.3 is 15.5 Å². The van der Waals surface area contributed by atoms with Crippen LogP contribution in [0.4, 0.5) is 18.9 Å². The second kappa shape index (κ2) is 10.1. The average Bonchev–Trinajstić information content (AvgIpc) is 2.76. The van der Waals surface area contributed by atoms with Crippen molar-refractivity contribution in [3.63, 3.8) is 0 Å². The maximum atomic E-state index is 12.5. The molecule has 170 valence electrons. The van der Waals surface area contributed by atoms with E-state index in [0.717, 1.165) is 22.4 Å². The summed E-state index contributed by atoms with van der Waals surface area (Å²) >= 11 is 0. The van der Waals surface area contributed by atoms with E-state index in [9.17, 15) is 21.6 Å². The summed E-state index contributed by atoms with van der Waals surface area (Å²) in [5, 5.41) is 0. The van der Waals surface area contributed by atoms with Gasteiger partial charge in [0.2, 0.25) is 0 Å². The molecule has 3 aromatic rings. The minimum Gasteiger partial charge on any atom is -0.497 e. The molecule has 0 fully saturated rings. The molecule has 0 aromatic heterocycles. The number of hydrogen-bond donors (Lipinski definition) is 1. The van der Waals surface area contributed by atoms with Gasteiger partial charge in [-0.1, -0.05) is 48.5 Å². The van der Waals surface area contributed by atoms with E-state index in [1.165, 1.54) is 22.9 Å². The molecule has 0 aliphatic rings. The van der Waals surface area contributed by atoms with Crippen LogP contribution in [0, 0.1) is 0 Å². The maximum Gasteiger partial charge on any atom is 0.516 e. The van der Waals surface area contributed by atoms with Gasteiger partial charge in [0, 0.05) is 5.69 Å². The molecule has 0 radical (unpaired) electrons. The highest BCUT2D eigenvalue weighted by atomic mass is 32.2. The van der Waals surface area contributed by atoms with Crippen LogP contribution in [0.1, 0.15) is 11.1 Å². The highest BCUT2D eigenvalue weighted by Gasteiger charge is 2.46. The van der Waals surface area contributed by atoms with Crippen molar-refractivity contribution in [3.05, 3.63) is 83.9 Å². The zero-order valence-electron chi connectivity index (χ0n) is 17.2. The van der Waals surface area contributed by atoms with Gasteiger partial charge in [-0.3, -0.25) is 4.72 Å². The highest BCUT2D eigenvalue weighted by molar-refractivity contribution is 7.93. The lowest BCUT2D eigenvalue weighted by Gasteiger charge is -2.11.